The third-order valence-electron chi connectivity index (χ3n) is 4.73. The number of aryl methyl sites for hydroxylation is 1. The van der Waals surface area contributed by atoms with Crippen LogP contribution in [0.15, 0.2) is 28.7 Å². The summed E-state index contributed by atoms with van der Waals surface area (Å²) in [6.45, 7) is 9.71. The number of hydrogen-bond acceptors (Lipinski definition) is 6. The second kappa shape index (κ2) is 8.73. The number of carbonyl (C=O) groups is 1. The van der Waals surface area contributed by atoms with E-state index < -0.39 is 5.60 Å². The van der Waals surface area contributed by atoms with Gasteiger partial charge >= 0.3 is 6.09 Å². The van der Waals surface area contributed by atoms with E-state index in [1.54, 1.807) is 0 Å². The predicted molar refractivity (Wildman–Crippen MR) is 107 cm³/mol. The molecular weight excluding hydrogens is 356 g/mol. The second-order valence-electron chi connectivity index (χ2n) is 8.37. The molecule has 0 saturated carbocycles. The number of benzene rings is 1. The zero-order chi connectivity index (χ0) is 20.1. The maximum atomic E-state index is 12.0. The highest BCUT2D eigenvalue weighted by atomic mass is 16.6. The maximum Gasteiger partial charge on any atom is 0.407 e. The molecule has 0 bridgehead atoms. The highest BCUT2D eigenvalue weighted by Gasteiger charge is 2.26. The fourth-order valence-corrected chi connectivity index (χ4v) is 3.32. The van der Waals surface area contributed by atoms with Crippen LogP contribution in [0.4, 0.5) is 4.79 Å². The Hall–Kier alpha value is -2.41. The summed E-state index contributed by atoms with van der Waals surface area (Å²) in [7, 11) is 0. The lowest BCUT2D eigenvalue weighted by molar-refractivity contribution is 0.0488. The van der Waals surface area contributed by atoms with Crippen LogP contribution in [0.1, 0.15) is 51.5 Å². The van der Waals surface area contributed by atoms with Crippen molar-refractivity contribution in [3.05, 3.63) is 35.7 Å². The van der Waals surface area contributed by atoms with E-state index in [1.165, 1.54) is 5.56 Å². The Morgan fingerprint density at radius 2 is 2.00 bits per heavy atom. The summed E-state index contributed by atoms with van der Waals surface area (Å²) in [5, 5.41) is 11.3. The Labute approximate surface area is 166 Å². The third-order valence-corrected chi connectivity index (χ3v) is 4.73. The quantitative estimate of drug-likeness (QED) is 0.839. The first kappa shape index (κ1) is 20.3. The van der Waals surface area contributed by atoms with Crippen LogP contribution in [0.2, 0.25) is 0 Å². The number of hydrogen-bond donors (Lipinski definition) is 1. The number of nitrogens with zero attached hydrogens (tertiary/aromatic N) is 3. The van der Waals surface area contributed by atoms with E-state index in [0.717, 1.165) is 31.4 Å². The number of alkyl carbamates (subject to hydrolysis) is 1. The van der Waals surface area contributed by atoms with E-state index in [2.05, 4.69) is 20.4 Å². The first-order chi connectivity index (χ1) is 13.3. The molecule has 7 heteroatoms. The van der Waals surface area contributed by atoms with Crippen molar-refractivity contribution in [2.24, 2.45) is 0 Å². The number of carbonyl (C=O) groups excluding carboxylic acids is 1. The van der Waals surface area contributed by atoms with Crippen molar-refractivity contribution in [3.63, 3.8) is 0 Å². The number of likely N-dealkylation sites (tertiary alicyclic amines) is 1. The summed E-state index contributed by atoms with van der Waals surface area (Å²) < 4.78 is 11.2. The molecule has 0 radical (unpaired) electrons. The fourth-order valence-electron chi connectivity index (χ4n) is 3.32. The van der Waals surface area contributed by atoms with E-state index in [0.29, 0.717) is 24.9 Å². The summed E-state index contributed by atoms with van der Waals surface area (Å²) in [5.41, 5.74) is 1.62. The maximum absolute atomic E-state index is 12.0. The monoisotopic (exact) mass is 386 g/mol. The molecule has 1 fully saturated rings. The van der Waals surface area contributed by atoms with Gasteiger partial charge in [0.15, 0.2) is 0 Å². The minimum atomic E-state index is -0.494. The molecule has 1 aromatic heterocycles. The zero-order valence-electron chi connectivity index (χ0n) is 17.2. The first-order valence-corrected chi connectivity index (χ1v) is 9.90. The number of ether oxygens (including phenoxy) is 1. The number of rotatable bonds is 5. The van der Waals surface area contributed by atoms with Crippen LogP contribution in [-0.4, -0.2) is 45.9 Å². The Bertz CT molecular complexity index is 780. The molecule has 0 spiro atoms. The lowest BCUT2D eigenvalue weighted by atomic mass is 10.0. The van der Waals surface area contributed by atoms with Gasteiger partial charge in [0.25, 0.3) is 0 Å². The molecule has 28 heavy (non-hydrogen) atoms. The Morgan fingerprint density at radius 3 is 2.71 bits per heavy atom. The SMILES string of the molecule is Cc1ccc(-c2nnc(CN3CCCC[C@H]3CNC(=O)OC(C)(C)C)o2)cc1. The van der Waals surface area contributed by atoms with E-state index in [4.69, 9.17) is 9.15 Å². The van der Waals surface area contributed by atoms with Crippen molar-refractivity contribution >= 4 is 6.09 Å². The highest BCUT2D eigenvalue weighted by Crippen LogP contribution is 2.22. The average molecular weight is 386 g/mol. The molecule has 152 valence electrons. The molecule has 0 unspecified atom stereocenters. The Kier molecular flexibility index (Phi) is 6.34. The van der Waals surface area contributed by atoms with Gasteiger partial charge in [-0.15, -0.1) is 10.2 Å². The molecule has 1 aliphatic heterocycles. The van der Waals surface area contributed by atoms with Crippen LogP contribution < -0.4 is 5.32 Å². The molecule has 1 saturated heterocycles. The van der Waals surface area contributed by atoms with Gasteiger partial charge in [0, 0.05) is 18.2 Å². The van der Waals surface area contributed by atoms with Crippen LogP contribution in [0.25, 0.3) is 11.5 Å². The van der Waals surface area contributed by atoms with Crippen molar-refractivity contribution in [3.8, 4) is 11.5 Å². The number of amides is 1. The number of aromatic nitrogens is 2. The van der Waals surface area contributed by atoms with Crippen LogP contribution in [0.5, 0.6) is 0 Å². The van der Waals surface area contributed by atoms with Crippen molar-refractivity contribution in [1.82, 2.24) is 20.4 Å². The van der Waals surface area contributed by atoms with Gasteiger partial charge in [-0.25, -0.2) is 4.79 Å². The van der Waals surface area contributed by atoms with Crippen LogP contribution in [0, 0.1) is 6.92 Å². The molecule has 3 rings (SSSR count). The molecule has 2 aromatic rings. The molecule has 2 heterocycles. The topological polar surface area (TPSA) is 80.5 Å². The van der Waals surface area contributed by atoms with E-state index in [1.807, 2.05) is 52.0 Å². The van der Waals surface area contributed by atoms with Gasteiger partial charge in [0.05, 0.1) is 6.54 Å². The van der Waals surface area contributed by atoms with Gasteiger partial charge in [0.2, 0.25) is 11.8 Å². The minimum absolute atomic E-state index is 0.232. The molecule has 0 aliphatic carbocycles. The lowest BCUT2D eigenvalue weighted by Gasteiger charge is -2.34. The summed E-state index contributed by atoms with van der Waals surface area (Å²) in [5.74, 6) is 1.13. The highest BCUT2D eigenvalue weighted by molar-refractivity contribution is 5.67. The minimum Gasteiger partial charge on any atom is -0.444 e. The smallest absolute Gasteiger partial charge is 0.407 e. The van der Waals surface area contributed by atoms with Crippen molar-refractivity contribution in [1.29, 1.82) is 0 Å². The zero-order valence-corrected chi connectivity index (χ0v) is 17.2. The largest absolute Gasteiger partial charge is 0.444 e. The predicted octanol–water partition coefficient (Wildman–Crippen LogP) is 3.92. The number of nitrogens with one attached hydrogen (secondary N) is 1. The third kappa shape index (κ3) is 5.79. The normalized spacial score (nSPS) is 18.1. The molecule has 1 amide bonds. The molecule has 1 aliphatic rings. The van der Waals surface area contributed by atoms with Gasteiger partial charge in [0.1, 0.15) is 5.60 Å². The van der Waals surface area contributed by atoms with Crippen LogP contribution in [-0.2, 0) is 11.3 Å². The molecular formula is C21H30N4O3. The van der Waals surface area contributed by atoms with Gasteiger partial charge < -0.3 is 14.5 Å². The summed E-state index contributed by atoms with van der Waals surface area (Å²) in [4.78, 5) is 14.3. The Balaban J connectivity index is 1.58. The number of piperidine rings is 1. The fraction of sp³-hybridized carbons (Fsp3) is 0.571. The summed E-state index contributed by atoms with van der Waals surface area (Å²) in [6, 6.07) is 8.27. The van der Waals surface area contributed by atoms with E-state index in [-0.39, 0.29) is 12.1 Å². The standard InChI is InChI=1S/C21H30N4O3/c1-15-8-10-16(11-9-15)19-24-23-18(27-19)14-25-12-6-5-7-17(25)13-22-20(26)28-21(2,3)4/h8-11,17H,5-7,12-14H2,1-4H3,(H,22,26)/t17-/m0/s1. The second-order valence-corrected chi connectivity index (χ2v) is 8.37. The van der Waals surface area contributed by atoms with Crippen molar-refractivity contribution in [2.45, 2.75) is 65.1 Å². The van der Waals surface area contributed by atoms with E-state index in [9.17, 15) is 4.79 Å². The van der Waals surface area contributed by atoms with Gasteiger partial charge in [-0.3, -0.25) is 4.90 Å². The molecule has 7 nitrogen and oxygen atoms in total. The van der Waals surface area contributed by atoms with Gasteiger partial charge in [-0.2, -0.15) is 0 Å². The summed E-state index contributed by atoms with van der Waals surface area (Å²) >= 11 is 0. The molecule has 1 atom stereocenters. The first-order valence-electron chi connectivity index (χ1n) is 9.90. The van der Waals surface area contributed by atoms with Crippen molar-refractivity contribution in [2.75, 3.05) is 13.1 Å². The van der Waals surface area contributed by atoms with Gasteiger partial charge in [-0.05, 0) is 59.2 Å². The molecule has 1 aromatic carbocycles. The van der Waals surface area contributed by atoms with Crippen LogP contribution in [0.3, 0.4) is 0 Å². The van der Waals surface area contributed by atoms with Gasteiger partial charge in [-0.1, -0.05) is 24.1 Å². The Morgan fingerprint density at radius 1 is 1.25 bits per heavy atom. The van der Waals surface area contributed by atoms with E-state index >= 15 is 0 Å². The van der Waals surface area contributed by atoms with Crippen LogP contribution >= 0.6 is 0 Å². The van der Waals surface area contributed by atoms with Crippen molar-refractivity contribution < 1.29 is 13.9 Å². The summed E-state index contributed by atoms with van der Waals surface area (Å²) in [6.07, 6.45) is 2.92. The molecule has 1 N–H and O–H groups in total. The average Bonchev–Trinajstić information content (AvgIpc) is 3.09. The lowest BCUT2D eigenvalue weighted by Crippen LogP contribution is -2.47.